The molecule has 0 aromatic heterocycles. The molecule has 0 atom stereocenters. The first-order valence-corrected chi connectivity index (χ1v) is 5.17. The Balaban J connectivity index is 0. The first-order chi connectivity index (χ1) is 6.63. The van der Waals surface area contributed by atoms with E-state index in [2.05, 4.69) is 0 Å². The van der Waals surface area contributed by atoms with Crippen LogP contribution in [0.25, 0.3) is 0 Å². The van der Waals surface area contributed by atoms with Crippen molar-refractivity contribution < 1.29 is 5.11 Å². The van der Waals surface area contributed by atoms with Gasteiger partial charge in [0.2, 0.25) is 0 Å². The lowest BCUT2D eigenvalue weighted by molar-refractivity contribution is 0.467. The molecule has 0 aliphatic carbocycles. The van der Waals surface area contributed by atoms with Gasteiger partial charge in [-0.25, -0.2) is 0 Å². The Bertz CT molecular complexity index is 230. The molecule has 0 saturated heterocycles. The van der Waals surface area contributed by atoms with Crippen LogP contribution in [0.1, 0.15) is 38.8 Å². The molecule has 0 aliphatic heterocycles. The van der Waals surface area contributed by atoms with Crippen LogP contribution >= 0.6 is 0 Å². The molecule has 0 fully saturated rings. The van der Waals surface area contributed by atoms with Crippen molar-refractivity contribution in [1.29, 1.82) is 0 Å². The van der Waals surface area contributed by atoms with Crippen LogP contribution in [0.2, 0.25) is 0 Å². The van der Waals surface area contributed by atoms with Crippen LogP contribution in [0, 0.1) is 13.8 Å². The number of hydrogen-bond acceptors (Lipinski definition) is 2. The SMILES string of the molecule is CC.CC.Cc1ccc(N)c(C)c1O. The van der Waals surface area contributed by atoms with E-state index < -0.39 is 0 Å². The summed E-state index contributed by atoms with van der Waals surface area (Å²) in [5.41, 5.74) is 7.80. The Hall–Kier alpha value is -1.18. The standard InChI is InChI=1S/C8H11NO.2C2H6/c1-5-3-4-7(9)6(2)8(5)10;2*1-2/h3-4,10H,9H2,1-2H3;2*1-2H3. The summed E-state index contributed by atoms with van der Waals surface area (Å²) in [4.78, 5) is 0. The molecule has 1 aromatic carbocycles. The number of hydrogen-bond donors (Lipinski definition) is 2. The monoisotopic (exact) mass is 197 g/mol. The predicted octanol–water partition coefficient (Wildman–Crippen LogP) is 3.64. The number of benzene rings is 1. The van der Waals surface area contributed by atoms with Crippen molar-refractivity contribution >= 4 is 5.69 Å². The second-order valence-corrected chi connectivity index (χ2v) is 2.45. The van der Waals surface area contributed by atoms with Gasteiger partial charge in [-0.3, -0.25) is 0 Å². The smallest absolute Gasteiger partial charge is 0.123 e. The number of rotatable bonds is 0. The molecule has 0 bridgehead atoms. The lowest BCUT2D eigenvalue weighted by atomic mass is 10.1. The van der Waals surface area contributed by atoms with Gasteiger partial charge in [0.15, 0.2) is 0 Å². The molecule has 1 aromatic rings. The Morgan fingerprint density at radius 1 is 1.00 bits per heavy atom. The fourth-order valence-corrected chi connectivity index (χ4v) is 0.851. The van der Waals surface area contributed by atoms with E-state index in [1.807, 2.05) is 34.6 Å². The third-order valence-corrected chi connectivity index (χ3v) is 1.67. The van der Waals surface area contributed by atoms with Gasteiger partial charge in [-0.2, -0.15) is 0 Å². The number of phenols is 1. The molecule has 2 nitrogen and oxygen atoms in total. The summed E-state index contributed by atoms with van der Waals surface area (Å²) >= 11 is 0. The molecule has 0 radical (unpaired) electrons. The molecule has 1 rings (SSSR count). The summed E-state index contributed by atoms with van der Waals surface area (Å²) in [5, 5.41) is 9.31. The normalized spacial score (nSPS) is 7.86. The summed E-state index contributed by atoms with van der Waals surface area (Å²) in [5.74, 6) is 0.306. The van der Waals surface area contributed by atoms with Crippen LogP contribution in [0.3, 0.4) is 0 Å². The highest BCUT2D eigenvalue weighted by Gasteiger charge is 2.01. The van der Waals surface area contributed by atoms with Crippen LogP contribution in [-0.4, -0.2) is 5.11 Å². The van der Waals surface area contributed by atoms with Crippen LogP contribution in [0.5, 0.6) is 5.75 Å². The highest BCUT2D eigenvalue weighted by Crippen LogP contribution is 2.25. The Kier molecular flexibility index (Phi) is 9.20. The van der Waals surface area contributed by atoms with Gasteiger partial charge >= 0.3 is 0 Å². The Labute approximate surface area is 87.8 Å². The van der Waals surface area contributed by atoms with Gasteiger partial charge in [0.1, 0.15) is 5.75 Å². The van der Waals surface area contributed by atoms with Crippen molar-refractivity contribution in [2.45, 2.75) is 41.5 Å². The van der Waals surface area contributed by atoms with Gasteiger partial charge in [0.05, 0.1) is 0 Å². The van der Waals surface area contributed by atoms with E-state index in [0.29, 0.717) is 11.4 Å². The second-order valence-electron chi connectivity index (χ2n) is 2.45. The van der Waals surface area contributed by atoms with E-state index in [-0.39, 0.29) is 0 Å². The molecule has 0 amide bonds. The molecule has 0 spiro atoms. The molecule has 82 valence electrons. The minimum absolute atomic E-state index is 0.306. The summed E-state index contributed by atoms with van der Waals surface area (Å²) in [6.45, 7) is 11.7. The summed E-state index contributed by atoms with van der Waals surface area (Å²) in [6, 6.07) is 3.60. The molecule has 3 N–H and O–H groups in total. The molecular formula is C12H23NO. The van der Waals surface area contributed by atoms with Crippen molar-refractivity contribution in [3.8, 4) is 5.75 Å². The average molecular weight is 197 g/mol. The highest BCUT2D eigenvalue weighted by molar-refractivity contribution is 5.55. The van der Waals surface area contributed by atoms with E-state index in [1.165, 1.54) is 0 Å². The van der Waals surface area contributed by atoms with Gasteiger partial charge in [-0.1, -0.05) is 33.8 Å². The highest BCUT2D eigenvalue weighted by atomic mass is 16.3. The number of nitrogens with two attached hydrogens (primary N) is 1. The van der Waals surface area contributed by atoms with Crippen LogP contribution in [0.15, 0.2) is 12.1 Å². The largest absolute Gasteiger partial charge is 0.507 e. The van der Waals surface area contributed by atoms with Crippen molar-refractivity contribution in [1.82, 2.24) is 0 Å². The fourth-order valence-electron chi connectivity index (χ4n) is 0.851. The van der Waals surface area contributed by atoms with Gasteiger partial charge < -0.3 is 10.8 Å². The minimum atomic E-state index is 0.306. The zero-order chi connectivity index (χ0) is 11.7. The van der Waals surface area contributed by atoms with Gasteiger partial charge in [0.25, 0.3) is 0 Å². The fraction of sp³-hybridized carbons (Fsp3) is 0.500. The van der Waals surface area contributed by atoms with Crippen molar-refractivity contribution in [3.63, 3.8) is 0 Å². The molecule has 0 saturated carbocycles. The number of nitrogen functional groups attached to an aromatic ring is 1. The van der Waals surface area contributed by atoms with Crippen LogP contribution < -0.4 is 5.73 Å². The topological polar surface area (TPSA) is 46.2 Å². The molecule has 2 heteroatoms. The van der Waals surface area contributed by atoms with Crippen LogP contribution in [0.4, 0.5) is 5.69 Å². The zero-order valence-corrected chi connectivity index (χ0v) is 10.2. The van der Waals surface area contributed by atoms with E-state index in [4.69, 9.17) is 5.73 Å². The number of aryl methyl sites for hydroxylation is 1. The zero-order valence-electron chi connectivity index (χ0n) is 10.2. The van der Waals surface area contributed by atoms with E-state index in [1.54, 1.807) is 19.1 Å². The molecule has 0 heterocycles. The lowest BCUT2D eigenvalue weighted by Gasteiger charge is -2.04. The van der Waals surface area contributed by atoms with Gasteiger partial charge in [0, 0.05) is 11.3 Å². The number of phenolic OH excluding ortho intramolecular Hbond substituents is 1. The predicted molar refractivity (Wildman–Crippen MR) is 64.7 cm³/mol. The maximum Gasteiger partial charge on any atom is 0.123 e. The maximum absolute atomic E-state index is 9.31. The Morgan fingerprint density at radius 3 is 1.79 bits per heavy atom. The van der Waals surface area contributed by atoms with E-state index in [0.717, 1.165) is 11.1 Å². The molecule has 0 aliphatic rings. The summed E-state index contributed by atoms with van der Waals surface area (Å²) in [7, 11) is 0. The van der Waals surface area contributed by atoms with Crippen molar-refractivity contribution in [3.05, 3.63) is 23.3 Å². The third-order valence-electron chi connectivity index (χ3n) is 1.67. The summed E-state index contributed by atoms with van der Waals surface area (Å²) < 4.78 is 0. The average Bonchev–Trinajstić information content (AvgIpc) is 2.26. The number of anilines is 1. The molecule has 14 heavy (non-hydrogen) atoms. The van der Waals surface area contributed by atoms with Gasteiger partial charge in [-0.05, 0) is 25.5 Å². The lowest BCUT2D eigenvalue weighted by Crippen LogP contribution is -1.90. The summed E-state index contributed by atoms with van der Waals surface area (Å²) in [6.07, 6.45) is 0. The van der Waals surface area contributed by atoms with Crippen LogP contribution in [-0.2, 0) is 0 Å². The van der Waals surface area contributed by atoms with Crippen molar-refractivity contribution in [2.75, 3.05) is 5.73 Å². The maximum atomic E-state index is 9.31. The number of aromatic hydroxyl groups is 1. The van der Waals surface area contributed by atoms with E-state index >= 15 is 0 Å². The first kappa shape index (κ1) is 15.3. The van der Waals surface area contributed by atoms with E-state index in [9.17, 15) is 5.11 Å². The second kappa shape index (κ2) is 8.42. The van der Waals surface area contributed by atoms with Gasteiger partial charge in [-0.15, -0.1) is 0 Å². The molecular weight excluding hydrogens is 174 g/mol. The Morgan fingerprint density at radius 2 is 1.43 bits per heavy atom. The molecule has 0 unspecified atom stereocenters. The minimum Gasteiger partial charge on any atom is -0.507 e. The third kappa shape index (κ3) is 4.17. The first-order valence-electron chi connectivity index (χ1n) is 5.17. The quantitative estimate of drug-likeness (QED) is 0.624. The van der Waals surface area contributed by atoms with Crippen molar-refractivity contribution in [2.24, 2.45) is 0 Å².